The summed E-state index contributed by atoms with van der Waals surface area (Å²) in [6, 6.07) is 15.8. The van der Waals surface area contributed by atoms with E-state index in [4.69, 9.17) is 0 Å². The van der Waals surface area contributed by atoms with Crippen molar-refractivity contribution in [3.8, 4) is 0 Å². The van der Waals surface area contributed by atoms with Gasteiger partial charge in [0.2, 0.25) is 0 Å². The zero-order valence-electron chi connectivity index (χ0n) is 10.8. The van der Waals surface area contributed by atoms with E-state index < -0.39 is 0 Å². The molecule has 19 heavy (non-hydrogen) atoms. The van der Waals surface area contributed by atoms with Crippen LogP contribution in [0.15, 0.2) is 42.5 Å². The maximum Gasteiger partial charge on any atom is 0.0607 e. The van der Waals surface area contributed by atoms with Gasteiger partial charge < -0.3 is 5.32 Å². The minimum Gasteiger partial charge on any atom is -0.377 e. The number of nitrogens with one attached hydrogen (secondary N) is 1. The maximum atomic E-state index is 3.68. The van der Waals surface area contributed by atoms with Crippen LogP contribution >= 0.6 is 34.4 Å². The molecule has 0 aromatic heterocycles. The maximum absolute atomic E-state index is 3.68. The molecule has 0 amide bonds. The van der Waals surface area contributed by atoms with Crippen LogP contribution in [0.3, 0.4) is 0 Å². The highest BCUT2D eigenvalue weighted by Crippen LogP contribution is 2.34. The predicted octanol–water partition coefficient (Wildman–Crippen LogP) is 5.00. The van der Waals surface area contributed by atoms with Crippen molar-refractivity contribution < 1.29 is 0 Å². The van der Waals surface area contributed by atoms with E-state index in [-0.39, 0.29) is 0 Å². The second-order valence-corrected chi connectivity index (χ2v) is 7.07. The second-order valence-electron chi connectivity index (χ2n) is 4.87. The molecule has 3 heteroatoms. The van der Waals surface area contributed by atoms with Gasteiger partial charge in [0.25, 0.3) is 0 Å². The van der Waals surface area contributed by atoms with Crippen molar-refractivity contribution in [1.29, 1.82) is 0 Å². The van der Waals surface area contributed by atoms with Crippen molar-refractivity contribution >= 4 is 40.0 Å². The highest BCUT2D eigenvalue weighted by Gasteiger charge is 2.19. The molecule has 1 atom stereocenters. The van der Waals surface area contributed by atoms with Gasteiger partial charge in [0.15, 0.2) is 0 Å². The lowest BCUT2D eigenvalue weighted by atomic mass is 10.0. The lowest BCUT2D eigenvalue weighted by Gasteiger charge is -2.27. The van der Waals surface area contributed by atoms with E-state index in [0.29, 0.717) is 6.04 Å². The van der Waals surface area contributed by atoms with E-state index in [1.54, 1.807) is 0 Å². The number of hydrogen-bond donors (Lipinski definition) is 1. The zero-order chi connectivity index (χ0) is 13.2. The molecule has 1 aliphatic heterocycles. The molecule has 0 aliphatic carbocycles. The molecule has 1 aliphatic rings. The molecule has 0 saturated carbocycles. The van der Waals surface area contributed by atoms with E-state index in [1.807, 2.05) is 11.8 Å². The lowest BCUT2D eigenvalue weighted by molar-refractivity contribution is 0.871. The van der Waals surface area contributed by atoms with Crippen LogP contribution in [-0.2, 0) is 5.75 Å². The highest BCUT2D eigenvalue weighted by molar-refractivity contribution is 14.1. The third-order valence-electron chi connectivity index (χ3n) is 3.49. The predicted molar refractivity (Wildman–Crippen MR) is 92.9 cm³/mol. The molecule has 1 heterocycles. The quantitative estimate of drug-likeness (QED) is 0.735. The molecule has 0 spiro atoms. The Labute approximate surface area is 132 Å². The Balaban J connectivity index is 1.86. The SMILES string of the molecule is Cc1ccc(NC2CSCc3ccccc32)cc1I. The summed E-state index contributed by atoms with van der Waals surface area (Å²) in [7, 11) is 0. The Morgan fingerprint density at radius 3 is 2.89 bits per heavy atom. The molecular weight excluding hydrogens is 365 g/mol. The fourth-order valence-electron chi connectivity index (χ4n) is 2.39. The average molecular weight is 381 g/mol. The van der Waals surface area contributed by atoms with Gasteiger partial charge >= 0.3 is 0 Å². The van der Waals surface area contributed by atoms with Crippen molar-refractivity contribution in [3.63, 3.8) is 0 Å². The van der Waals surface area contributed by atoms with E-state index in [0.717, 1.165) is 11.5 Å². The molecule has 1 nitrogen and oxygen atoms in total. The normalized spacial score (nSPS) is 17.9. The molecule has 98 valence electrons. The number of fused-ring (bicyclic) bond motifs is 1. The molecular formula is C16H16INS. The fourth-order valence-corrected chi connectivity index (χ4v) is 4.00. The number of anilines is 1. The van der Waals surface area contributed by atoms with Gasteiger partial charge in [0.05, 0.1) is 6.04 Å². The van der Waals surface area contributed by atoms with E-state index in [2.05, 4.69) is 77.3 Å². The van der Waals surface area contributed by atoms with E-state index in [1.165, 1.54) is 25.9 Å². The number of benzene rings is 2. The molecule has 0 saturated heterocycles. The summed E-state index contributed by atoms with van der Waals surface area (Å²) in [5, 5.41) is 3.68. The van der Waals surface area contributed by atoms with E-state index >= 15 is 0 Å². The molecule has 3 rings (SSSR count). The second kappa shape index (κ2) is 5.75. The molecule has 0 bridgehead atoms. The summed E-state index contributed by atoms with van der Waals surface area (Å²) >= 11 is 4.41. The molecule has 0 fully saturated rings. The van der Waals surface area contributed by atoms with Crippen LogP contribution in [0, 0.1) is 10.5 Å². The first-order valence-electron chi connectivity index (χ1n) is 6.42. The first-order valence-corrected chi connectivity index (χ1v) is 8.65. The van der Waals surface area contributed by atoms with Crippen LogP contribution in [0.5, 0.6) is 0 Å². The number of halogens is 1. The van der Waals surface area contributed by atoms with Gasteiger partial charge in [-0.2, -0.15) is 11.8 Å². The summed E-state index contributed by atoms with van der Waals surface area (Å²) < 4.78 is 1.32. The molecule has 2 aromatic carbocycles. The number of rotatable bonds is 2. The van der Waals surface area contributed by atoms with Crippen LogP contribution in [0.2, 0.25) is 0 Å². The first-order chi connectivity index (χ1) is 9.24. The van der Waals surface area contributed by atoms with Crippen molar-refractivity contribution in [2.24, 2.45) is 0 Å². The zero-order valence-corrected chi connectivity index (χ0v) is 13.8. The van der Waals surface area contributed by atoms with Crippen LogP contribution < -0.4 is 5.32 Å². The average Bonchev–Trinajstić information content (AvgIpc) is 2.43. The van der Waals surface area contributed by atoms with E-state index in [9.17, 15) is 0 Å². The number of aryl methyl sites for hydroxylation is 1. The van der Waals surface area contributed by atoms with Crippen LogP contribution in [0.1, 0.15) is 22.7 Å². The van der Waals surface area contributed by atoms with Gasteiger partial charge in [-0.1, -0.05) is 30.3 Å². The Hall–Kier alpha value is -0.680. The Bertz CT molecular complexity index is 597. The van der Waals surface area contributed by atoms with Gasteiger partial charge in [-0.25, -0.2) is 0 Å². The number of hydrogen-bond acceptors (Lipinski definition) is 2. The molecule has 0 radical (unpaired) electrons. The van der Waals surface area contributed by atoms with Crippen LogP contribution in [0.25, 0.3) is 0 Å². The largest absolute Gasteiger partial charge is 0.377 e. The van der Waals surface area contributed by atoms with Gasteiger partial charge in [-0.05, 0) is 58.3 Å². The van der Waals surface area contributed by atoms with Crippen LogP contribution in [-0.4, -0.2) is 5.75 Å². The smallest absolute Gasteiger partial charge is 0.0607 e. The summed E-state index contributed by atoms with van der Waals surface area (Å²) in [5.41, 5.74) is 5.48. The minimum atomic E-state index is 0.424. The topological polar surface area (TPSA) is 12.0 Å². The first kappa shape index (κ1) is 13.3. The standard InChI is InChI=1S/C16H16INS/c1-11-6-7-13(8-15(11)17)18-16-10-19-9-12-4-2-3-5-14(12)16/h2-8,16,18H,9-10H2,1H3. The molecule has 1 unspecified atom stereocenters. The minimum absolute atomic E-state index is 0.424. The summed E-state index contributed by atoms with van der Waals surface area (Å²) in [6.45, 7) is 2.15. The van der Waals surface area contributed by atoms with Crippen LogP contribution in [0.4, 0.5) is 5.69 Å². The third-order valence-corrected chi connectivity index (χ3v) is 5.73. The molecule has 2 aromatic rings. The number of thioether (sulfide) groups is 1. The molecule has 1 N–H and O–H groups in total. The van der Waals surface area contributed by atoms with Crippen molar-refractivity contribution in [3.05, 3.63) is 62.7 Å². The third kappa shape index (κ3) is 2.92. The Kier molecular flexibility index (Phi) is 4.03. The Morgan fingerprint density at radius 1 is 1.21 bits per heavy atom. The Morgan fingerprint density at radius 2 is 2.05 bits per heavy atom. The summed E-state index contributed by atoms with van der Waals surface area (Å²) in [6.07, 6.45) is 0. The van der Waals surface area contributed by atoms with Gasteiger partial charge in [-0.15, -0.1) is 0 Å². The summed E-state index contributed by atoms with van der Waals surface area (Å²) in [5.74, 6) is 2.28. The fraction of sp³-hybridized carbons (Fsp3) is 0.250. The monoisotopic (exact) mass is 381 g/mol. The summed E-state index contributed by atoms with van der Waals surface area (Å²) in [4.78, 5) is 0. The van der Waals surface area contributed by atoms with Gasteiger partial charge in [0.1, 0.15) is 0 Å². The van der Waals surface area contributed by atoms with Gasteiger partial charge in [-0.3, -0.25) is 0 Å². The van der Waals surface area contributed by atoms with Crippen molar-refractivity contribution in [2.75, 3.05) is 11.1 Å². The lowest BCUT2D eigenvalue weighted by Crippen LogP contribution is -2.18. The van der Waals surface area contributed by atoms with Gasteiger partial charge in [0, 0.05) is 20.8 Å². The highest BCUT2D eigenvalue weighted by atomic mass is 127. The van der Waals surface area contributed by atoms with Crippen molar-refractivity contribution in [2.45, 2.75) is 18.7 Å². The van der Waals surface area contributed by atoms with Crippen molar-refractivity contribution in [1.82, 2.24) is 0 Å².